The van der Waals surface area contributed by atoms with Gasteiger partial charge in [-0.3, -0.25) is 0 Å². The standard InChI is InChI=1S/C17H14O/c1-18-17-10-9-15-11-14(7-8-16(15)12-17)13-5-3-2-4-6-13/h2-12H,1H3. The highest BCUT2D eigenvalue weighted by atomic mass is 16.5. The van der Waals surface area contributed by atoms with Crippen molar-refractivity contribution in [2.45, 2.75) is 0 Å². The Morgan fingerprint density at radius 1 is 0.667 bits per heavy atom. The van der Waals surface area contributed by atoms with Gasteiger partial charge in [-0.25, -0.2) is 0 Å². The second-order valence-electron chi connectivity index (χ2n) is 4.29. The van der Waals surface area contributed by atoms with Gasteiger partial charge in [-0.2, -0.15) is 0 Å². The summed E-state index contributed by atoms with van der Waals surface area (Å²) in [6.45, 7) is 0. The van der Waals surface area contributed by atoms with E-state index in [4.69, 9.17) is 4.74 Å². The normalized spacial score (nSPS) is 10.5. The molecule has 0 spiro atoms. The molecule has 3 rings (SSSR count). The largest absolute Gasteiger partial charge is 0.497 e. The van der Waals surface area contributed by atoms with Crippen molar-refractivity contribution < 1.29 is 4.74 Å². The Morgan fingerprint density at radius 3 is 2.17 bits per heavy atom. The van der Waals surface area contributed by atoms with Gasteiger partial charge in [0, 0.05) is 0 Å². The van der Waals surface area contributed by atoms with Crippen LogP contribution in [0.3, 0.4) is 0 Å². The maximum absolute atomic E-state index is 5.24. The van der Waals surface area contributed by atoms with Gasteiger partial charge >= 0.3 is 0 Å². The molecule has 0 amide bonds. The summed E-state index contributed by atoms with van der Waals surface area (Å²) in [5, 5.41) is 2.44. The van der Waals surface area contributed by atoms with Crippen LogP contribution in [0.25, 0.3) is 21.9 Å². The van der Waals surface area contributed by atoms with E-state index in [9.17, 15) is 0 Å². The summed E-state index contributed by atoms with van der Waals surface area (Å²) in [6.07, 6.45) is 0. The fraction of sp³-hybridized carbons (Fsp3) is 0.0588. The van der Waals surface area contributed by atoms with E-state index in [2.05, 4.69) is 54.6 Å². The van der Waals surface area contributed by atoms with E-state index in [-0.39, 0.29) is 0 Å². The van der Waals surface area contributed by atoms with Gasteiger partial charge < -0.3 is 4.74 Å². The SMILES string of the molecule is COc1ccc2cc(-c3ccccc3)ccc2c1. The summed E-state index contributed by atoms with van der Waals surface area (Å²) in [7, 11) is 1.69. The molecule has 18 heavy (non-hydrogen) atoms. The molecule has 0 fully saturated rings. The van der Waals surface area contributed by atoms with Gasteiger partial charge in [-0.1, -0.05) is 48.5 Å². The topological polar surface area (TPSA) is 9.23 Å². The first-order chi connectivity index (χ1) is 8.86. The molecule has 0 aliphatic rings. The van der Waals surface area contributed by atoms with E-state index in [1.54, 1.807) is 7.11 Å². The average Bonchev–Trinajstić information content (AvgIpc) is 2.47. The highest BCUT2D eigenvalue weighted by molar-refractivity contribution is 5.88. The van der Waals surface area contributed by atoms with E-state index in [1.165, 1.54) is 21.9 Å². The highest BCUT2D eigenvalue weighted by Crippen LogP contribution is 2.26. The Kier molecular flexibility index (Phi) is 2.73. The fourth-order valence-electron chi connectivity index (χ4n) is 2.16. The molecule has 0 saturated carbocycles. The van der Waals surface area contributed by atoms with Crippen molar-refractivity contribution in [2.75, 3.05) is 7.11 Å². The summed E-state index contributed by atoms with van der Waals surface area (Å²) >= 11 is 0. The van der Waals surface area contributed by atoms with E-state index in [1.807, 2.05) is 12.1 Å². The van der Waals surface area contributed by atoms with Crippen molar-refractivity contribution in [3.8, 4) is 16.9 Å². The Morgan fingerprint density at radius 2 is 1.39 bits per heavy atom. The van der Waals surface area contributed by atoms with Crippen LogP contribution in [0, 0.1) is 0 Å². The lowest BCUT2D eigenvalue weighted by Crippen LogP contribution is -1.83. The van der Waals surface area contributed by atoms with Crippen LogP contribution in [0.2, 0.25) is 0 Å². The van der Waals surface area contributed by atoms with Crippen molar-refractivity contribution in [2.24, 2.45) is 0 Å². The van der Waals surface area contributed by atoms with Crippen LogP contribution in [-0.2, 0) is 0 Å². The predicted octanol–water partition coefficient (Wildman–Crippen LogP) is 4.52. The monoisotopic (exact) mass is 234 g/mol. The molecule has 1 heteroatoms. The highest BCUT2D eigenvalue weighted by Gasteiger charge is 2.00. The summed E-state index contributed by atoms with van der Waals surface area (Å²) in [6, 6.07) is 23.1. The second-order valence-corrected chi connectivity index (χ2v) is 4.29. The molecular weight excluding hydrogens is 220 g/mol. The van der Waals surface area contributed by atoms with E-state index >= 15 is 0 Å². The van der Waals surface area contributed by atoms with Gasteiger partial charge in [-0.05, 0) is 40.1 Å². The first-order valence-corrected chi connectivity index (χ1v) is 6.00. The van der Waals surface area contributed by atoms with Gasteiger partial charge in [0.1, 0.15) is 5.75 Å². The van der Waals surface area contributed by atoms with Gasteiger partial charge in [-0.15, -0.1) is 0 Å². The molecule has 0 bridgehead atoms. The molecule has 0 N–H and O–H groups in total. The number of methoxy groups -OCH3 is 1. The third-order valence-electron chi connectivity index (χ3n) is 3.15. The summed E-state index contributed by atoms with van der Waals surface area (Å²) in [4.78, 5) is 0. The van der Waals surface area contributed by atoms with Crippen LogP contribution >= 0.6 is 0 Å². The minimum atomic E-state index is 0.898. The van der Waals surface area contributed by atoms with Crippen molar-refractivity contribution >= 4 is 10.8 Å². The van der Waals surface area contributed by atoms with Gasteiger partial charge in [0.2, 0.25) is 0 Å². The number of hydrogen-bond acceptors (Lipinski definition) is 1. The van der Waals surface area contributed by atoms with Crippen LogP contribution < -0.4 is 4.74 Å². The minimum Gasteiger partial charge on any atom is -0.497 e. The maximum atomic E-state index is 5.24. The predicted molar refractivity (Wildman–Crippen MR) is 75.9 cm³/mol. The zero-order valence-corrected chi connectivity index (χ0v) is 10.3. The van der Waals surface area contributed by atoms with Gasteiger partial charge in [0.05, 0.1) is 7.11 Å². The summed E-state index contributed by atoms with van der Waals surface area (Å²) in [5.41, 5.74) is 2.49. The lowest BCUT2D eigenvalue weighted by Gasteiger charge is -2.06. The van der Waals surface area contributed by atoms with Crippen molar-refractivity contribution in [3.05, 3.63) is 66.7 Å². The number of ether oxygens (including phenoxy) is 1. The number of rotatable bonds is 2. The molecule has 0 unspecified atom stereocenters. The summed E-state index contributed by atoms with van der Waals surface area (Å²) < 4.78 is 5.24. The molecule has 0 aliphatic heterocycles. The van der Waals surface area contributed by atoms with Crippen LogP contribution in [0.15, 0.2) is 66.7 Å². The molecule has 0 atom stereocenters. The van der Waals surface area contributed by atoms with E-state index in [0.29, 0.717) is 0 Å². The molecule has 1 nitrogen and oxygen atoms in total. The zero-order chi connectivity index (χ0) is 12.4. The lowest BCUT2D eigenvalue weighted by atomic mass is 10.0. The molecule has 0 saturated heterocycles. The maximum Gasteiger partial charge on any atom is 0.119 e. The van der Waals surface area contributed by atoms with Crippen molar-refractivity contribution in [1.82, 2.24) is 0 Å². The zero-order valence-electron chi connectivity index (χ0n) is 10.3. The van der Waals surface area contributed by atoms with Crippen LogP contribution in [0.5, 0.6) is 5.75 Å². The van der Waals surface area contributed by atoms with Gasteiger partial charge in [0.25, 0.3) is 0 Å². The quantitative estimate of drug-likeness (QED) is 0.633. The number of fused-ring (bicyclic) bond motifs is 1. The average molecular weight is 234 g/mol. The van der Waals surface area contributed by atoms with Crippen molar-refractivity contribution in [1.29, 1.82) is 0 Å². The summed E-state index contributed by atoms with van der Waals surface area (Å²) in [5.74, 6) is 0.898. The first kappa shape index (κ1) is 10.8. The van der Waals surface area contributed by atoms with E-state index in [0.717, 1.165) is 5.75 Å². The smallest absolute Gasteiger partial charge is 0.119 e. The third-order valence-corrected chi connectivity index (χ3v) is 3.15. The minimum absolute atomic E-state index is 0.898. The molecule has 3 aromatic rings. The first-order valence-electron chi connectivity index (χ1n) is 6.00. The molecule has 0 radical (unpaired) electrons. The Hall–Kier alpha value is -2.28. The molecule has 88 valence electrons. The number of benzene rings is 3. The number of hydrogen-bond donors (Lipinski definition) is 0. The van der Waals surface area contributed by atoms with Crippen LogP contribution in [0.4, 0.5) is 0 Å². The fourth-order valence-corrected chi connectivity index (χ4v) is 2.16. The lowest BCUT2D eigenvalue weighted by molar-refractivity contribution is 0.415. The molecule has 0 aliphatic carbocycles. The molecule has 0 heterocycles. The van der Waals surface area contributed by atoms with Crippen LogP contribution in [-0.4, -0.2) is 7.11 Å². The Balaban J connectivity index is 2.12. The molecular formula is C17H14O. The molecule has 3 aromatic carbocycles. The molecule has 0 aromatic heterocycles. The van der Waals surface area contributed by atoms with Gasteiger partial charge in [0.15, 0.2) is 0 Å². The van der Waals surface area contributed by atoms with E-state index < -0.39 is 0 Å². The Labute approximate surface area is 107 Å². The van der Waals surface area contributed by atoms with Crippen LogP contribution in [0.1, 0.15) is 0 Å². The van der Waals surface area contributed by atoms with Crippen molar-refractivity contribution in [3.63, 3.8) is 0 Å². The Bertz CT molecular complexity index is 672. The third kappa shape index (κ3) is 1.95. The second kappa shape index (κ2) is 4.53.